The second-order valence-corrected chi connectivity index (χ2v) is 7.00. The zero-order chi connectivity index (χ0) is 18.5. The Balaban J connectivity index is 2.13. The minimum Gasteiger partial charge on any atom is -0.486 e. The lowest BCUT2D eigenvalue weighted by atomic mass is 10.1. The minimum atomic E-state index is -4.42. The lowest BCUT2D eigenvalue weighted by Gasteiger charge is -2.20. The van der Waals surface area contributed by atoms with Crippen molar-refractivity contribution in [2.45, 2.75) is 18.7 Å². The Morgan fingerprint density at radius 1 is 1.00 bits per heavy atom. The highest BCUT2D eigenvalue weighted by Crippen LogP contribution is 2.32. The summed E-state index contributed by atoms with van der Waals surface area (Å²) in [6, 6.07) is 13.3. The van der Waals surface area contributed by atoms with Gasteiger partial charge in [0.25, 0.3) is 10.1 Å². The van der Waals surface area contributed by atoms with E-state index in [4.69, 9.17) is 8.92 Å². The Kier molecular flexibility index (Phi) is 6.07. The number of rotatable bonds is 7. The molecule has 0 heterocycles. The van der Waals surface area contributed by atoms with Crippen LogP contribution in [0.5, 0.6) is 5.75 Å². The average Bonchev–Trinajstić information content (AvgIpc) is 2.53. The van der Waals surface area contributed by atoms with Crippen LogP contribution in [0.2, 0.25) is 0 Å². The summed E-state index contributed by atoms with van der Waals surface area (Å²) in [4.78, 5) is 0. The molecule has 0 aliphatic rings. The molecule has 136 valence electrons. The smallest absolute Gasteiger partial charge is 0.416 e. The quantitative estimate of drug-likeness (QED) is 0.682. The monoisotopic (exact) mass is 374 g/mol. The highest BCUT2D eigenvalue weighted by molar-refractivity contribution is 7.85. The molecule has 4 nitrogen and oxygen atoms in total. The maximum Gasteiger partial charge on any atom is 0.416 e. The van der Waals surface area contributed by atoms with E-state index in [-0.39, 0.29) is 18.8 Å². The highest BCUT2D eigenvalue weighted by atomic mass is 32.2. The number of halogens is 3. The van der Waals surface area contributed by atoms with Gasteiger partial charge in [-0.15, -0.1) is 0 Å². The van der Waals surface area contributed by atoms with E-state index >= 15 is 0 Å². The molecule has 0 N–H and O–H groups in total. The molecule has 2 aromatic carbocycles. The van der Waals surface area contributed by atoms with Gasteiger partial charge in [0.15, 0.2) is 0 Å². The summed E-state index contributed by atoms with van der Waals surface area (Å²) in [5.74, 6) is 0.251. The maximum absolute atomic E-state index is 12.6. The predicted molar refractivity (Wildman–Crippen MR) is 86.7 cm³/mol. The molecule has 0 aliphatic carbocycles. The number of hydrogen-bond acceptors (Lipinski definition) is 4. The number of hydrogen-bond donors (Lipinski definition) is 0. The van der Waals surface area contributed by atoms with E-state index in [0.29, 0.717) is 0 Å². The molecule has 0 aromatic heterocycles. The Morgan fingerprint density at radius 2 is 1.60 bits per heavy atom. The highest BCUT2D eigenvalue weighted by Gasteiger charge is 2.30. The van der Waals surface area contributed by atoms with E-state index in [9.17, 15) is 21.6 Å². The normalized spacial score (nSPS) is 13.4. The van der Waals surface area contributed by atoms with Gasteiger partial charge in [-0.05, 0) is 29.8 Å². The van der Waals surface area contributed by atoms with Crippen LogP contribution in [-0.2, 0) is 20.5 Å². The summed E-state index contributed by atoms with van der Waals surface area (Å²) < 4.78 is 70.4. The molecule has 0 saturated heterocycles. The van der Waals surface area contributed by atoms with E-state index < -0.39 is 28.0 Å². The fourth-order valence-corrected chi connectivity index (χ4v) is 2.55. The SMILES string of the molecule is CS(=O)(=O)OCC[C@@H](Oc1ccc(C(F)(F)F)cc1)c1ccccc1. The summed E-state index contributed by atoms with van der Waals surface area (Å²) in [6.45, 7) is -0.0982. The van der Waals surface area contributed by atoms with Crippen LogP contribution in [-0.4, -0.2) is 21.3 Å². The molecule has 0 fully saturated rings. The second kappa shape index (κ2) is 7.88. The van der Waals surface area contributed by atoms with Crippen LogP contribution in [0.4, 0.5) is 13.2 Å². The van der Waals surface area contributed by atoms with Crippen LogP contribution in [0, 0.1) is 0 Å². The van der Waals surface area contributed by atoms with Crippen molar-refractivity contribution < 1.29 is 30.5 Å². The standard InChI is InChI=1S/C17H17F3O4S/c1-25(21,22)23-12-11-16(13-5-3-2-4-6-13)24-15-9-7-14(8-10-15)17(18,19)20/h2-10,16H,11-12H2,1H3/t16-/m1/s1. The van der Waals surface area contributed by atoms with Crippen molar-refractivity contribution in [2.24, 2.45) is 0 Å². The van der Waals surface area contributed by atoms with Crippen molar-refractivity contribution in [3.63, 3.8) is 0 Å². The van der Waals surface area contributed by atoms with E-state index in [0.717, 1.165) is 24.0 Å². The van der Waals surface area contributed by atoms with E-state index in [1.165, 1.54) is 12.1 Å². The van der Waals surface area contributed by atoms with Gasteiger partial charge in [-0.2, -0.15) is 21.6 Å². The van der Waals surface area contributed by atoms with Gasteiger partial charge in [0.05, 0.1) is 18.4 Å². The van der Waals surface area contributed by atoms with Crippen LogP contribution < -0.4 is 4.74 Å². The van der Waals surface area contributed by atoms with E-state index in [1.807, 2.05) is 6.07 Å². The zero-order valence-corrected chi connectivity index (χ0v) is 14.2. The molecule has 2 aromatic rings. The minimum absolute atomic E-state index is 0.0982. The number of benzene rings is 2. The fraction of sp³-hybridized carbons (Fsp3) is 0.294. The van der Waals surface area contributed by atoms with Crippen LogP contribution >= 0.6 is 0 Å². The van der Waals surface area contributed by atoms with E-state index in [2.05, 4.69) is 0 Å². The first-order valence-electron chi connectivity index (χ1n) is 7.38. The summed E-state index contributed by atoms with van der Waals surface area (Å²) in [5, 5.41) is 0. The molecule has 0 amide bonds. The molecule has 0 radical (unpaired) electrons. The number of ether oxygens (including phenoxy) is 1. The Bertz CT molecular complexity index is 772. The molecule has 0 spiro atoms. The van der Waals surface area contributed by atoms with Crippen LogP contribution in [0.1, 0.15) is 23.7 Å². The second-order valence-electron chi connectivity index (χ2n) is 5.35. The van der Waals surface area contributed by atoms with Gasteiger partial charge in [0, 0.05) is 6.42 Å². The van der Waals surface area contributed by atoms with Crippen molar-refractivity contribution in [1.29, 1.82) is 0 Å². The first kappa shape index (κ1) is 19.3. The van der Waals surface area contributed by atoms with Crippen LogP contribution in [0.3, 0.4) is 0 Å². The fourth-order valence-electron chi connectivity index (χ4n) is 2.15. The first-order chi connectivity index (χ1) is 11.6. The van der Waals surface area contributed by atoms with Gasteiger partial charge in [0.1, 0.15) is 11.9 Å². The maximum atomic E-state index is 12.6. The van der Waals surface area contributed by atoms with Crippen molar-refractivity contribution in [3.05, 3.63) is 65.7 Å². The molecule has 0 saturated carbocycles. The molecule has 1 atom stereocenters. The zero-order valence-electron chi connectivity index (χ0n) is 13.4. The Labute approximate surface area is 144 Å². The largest absolute Gasteiger partial charge is 0.486 e. The van der Waals surface area contributed by atoms with Crippen LogP contribution in [0.25, 0.3) is 0 Å². The Morgan fingerprint density at radius 3 is 2.12 bits per heavy atom. The van der Waals surface area contributed by atoms with Gasteiger partial charge in [-0.25, -0.2) is 0 Å². The molecule has 2 rings (SSSR count). The first-order valence-corrected chi connectivity index (χ1v) is 9.20. The summed E-state index contributed by atoms with van der Waals surface area (Å²) >= 11 is 0. The van der Waals surface area contributed by atoms with Gasteiger partial charge < -0.3 is 4.74 Å². The average molecular weight is 374 g/mol. The lowest BCUT2D eigenvalue weighted by Crippen LogP contribution is -2.13. The molecule has 8 heteroatoms. The molecular weight excluding hydrogens is 357 g/mol. The van der Waals surface area contributed by atoms with Gasteiger partial charge in [0.2, 0.25) is 0 Å². The van der Waals surface area contributed by atoms with Gasteiger partial charge >= 0.3 is 6.18 Å². The predicted octanol–water partition coefficient (Wildman–Crippen LogP) is 4.19. The van der Waals surface area contributed by atoms with Crippen molar-refractivity contribution in [2.75, 3.05) is 12.9 Å². The van der Waals surface area contributed by atoms with Crippen molar-refractivity contribution in [3.8, 4) is 5.75 Å². The summed E-state index contributed by atoms with van der Waals surface area (Å²) in [7, 11) is -3.58. The lowest BCUT2D eigenvalue weighted by molar-refractivity contribution is -0.137. The van der Waals surface area contributed by atoms with Gasteiger partial charge in [-0.1, -0.05) is 30.3 Å². The van der Waals surface area contributed by atoms with Gasteiger partial charge in [-0.3, -0.25) is 4.18 Å². The summed E-state index contributed by atoms with van der Waals surface area (Å²) in [5.41, 5.74) is -0.00369. The Hall–Kier alpha value is -2.06. The molecule has 0 unspecified atom stereocenters. The third-order valence-corrected chi connectivity index (χ3v) is 3.90. The van der Waals surface area contributed by atoms with Crippen molar-refractivity contribution in [1.82, 2.24) is 0 Å². The number of alkyl halides is 3. The third-order valence-electron chi connectivity index (χ3n) is 3.31. The van der Waals surface area contributed by atoms with Crippen molar-refractivity contribution >= 4 is 10.1 Å². The van der Waals surface area contributed by atoms with Crippen LogP contribution in [0.15, 0.2) is 54.6 Å². The molecule has 0 aliphatic heterocycles. The molecule has 25 heavy (non-hydrogen) atoms. The topological polar surface area (TPSA) is 52.6 Å². The van der Waals surface area contributed by atoms with E-state index in [1.54, 1.807) is 24.3 Å². The summed E-state index contributed by atoms with van der Waals surface area (Å²) in [6.07, 6.45) is -3.81. The molecular formula is C17H17F3O4S. The molecule has 0 bridgehead atoms. The third kappa shape index (κ3) is 6.39.